The van der Waals surface area contributed by atoms with Crippen LogP contribution in [0.4, 0.5) is 30.4 Å². The number of fused-ring (bicyclic) bond motifs is 2. The molecule has 0 spiro atoms. The van der Waals surface area contributed by atoms with Crippen molar-refractivity contribution in [2.75, 3.05) is 5.32 Å². The zero-order valence-corrected chi connectivity index (χ0v) is 12.9. The maximum Gasteiger partial charge on any atom is 0.416 e. The molecule has 2 aromatic carbocycles. The van der Waals surface area contributed by atoms with Gasteiger partial charge in [0.05, 0.1) is 11.3 Å². The van der Waals surface area contributed by atoms with E-state index in [1.807, 2.05) is 24.3 Å². The second kappa shape index (κ2) is 5.73. The van der Waals surface area contributed by atoms with Gasteiger partial charge in [0, 0.05) is 23.0 Å². The number of hydrogen-bond donors (Lipinski definition) is 1. The van der Waals surface area contributed by atoms with E-state index in [1.165, 1.54) is 6.07 Å². The van der Waals surface area contributed by atoms with Crippen molar-refractivity contribution in [2.45, 2.75) is 6.18 Å². The van der Waals surface area contributed by atoms with Crippen molar-refractivity contribution in [1.29, 1.82) is 0 Å². The van der Waals surface area contributed by atoms with Gasteiger partial charge in [-0.3, -0.25) is 0 Å². The van der Waals surface area contributed by atoms with Crippen molar-refractivity contribution in [3.05, 3.63) is 83.6 Å². The van der Waals surface area contributed by atoms with E-state index in [2.05, 4.69) is 15.3 Å². The van der Waals surface area contributed by atoms with Crippen LogP contribution in [0.15, 0.2) is 71.9 Å². The van der Waals surface area contributed by atoms with Gasteiger partial charge in [0.25, 0.3) is 0 Å². The fourth-order valence-electron chi connectivity index (χ4n) is 2.75. The van der Waals surface area contributed by atoms with E-state index in [4.69, 9.17) is 0 Å². The molecule has 2 heterocycles. The molecule has 0 atom stereocenters. The van der Waals surface area contributed by atoms with Crippen LogP contribution in [0.25, 0.3) is 0 Å². The maximum absolute atomic E-state index is 13.1. The van der Waals surface area contributed by atoms with Crippen LogP contribution in [0, 0.1) is 0 Å². The number of nitrogens with one attached hydrogen (secondary N) is 1. The summed E-state index contributed by atoms with van der Waals surface area (Å²) in [6.45, 7) is 0. The van der Waals surface area contributed by atoms with Crippen LogP contribution in [0.3, 0.4) is 0 Å². The fourth-order valence-corrected chi connectivity index (χ4v) is 2.75. The molecule has 25 heavy (non-hydrogen) atoms. The minimum absolute atomic E-state index is 0.403. The molecular weight excluding hydrogens is 327 g/mol. The number of benzene rings is 2. The van der Waals surface area contributed by atoms with Gasteiger partial charge in [-0.25, -0.2) is 9.98 Å². The second-order valence-electron chi connectivity index (χ2n) is 5.58. The molecule has 124 valence electrons. The predicted molar refractivity (Wildman–Crippen MR) is 90.7 cm³/mol. The van der Waals surface area contributed by atoms with Gasteiger partial charge in [0.1, 0.15) is 5.69 Å². The highest BCUT2D eigenvalue weighted by molar-refractivity contribution is 6.18. The third-order valence-corrected chi connectivity index (χ3v) is 3.92. The van der Waals surface area contributed by atoms with Crippen LogP contribution in [-0.2, 0) is 6.18 Å². The lowest BCUT2D eigenvalue weighted by molar-refractivity contribution is -0.137. The Morgan fingerprint density at radius 2 is 1.72 bits per heavy atom. The van der Waals surface area contributed by atoms with Crippen LogP contribution in [-0.4, -0.2) is 10.7 Å². The molecule has 3 nitrogen and oxygen atoms in total. The van der Waals surface area contributed by atoms with Crippen molar-refractivity contribution in [1.82, 2.24) is 4.98 Å². The number of rotatable bonds is 1. The molecule has 0 aliphatic carbocycles. The molecule has 0 saturated heterocycles. The summed E-state index contributed by atoms with van der Waals surface area (Å²) in [5.41, 5.74) is 2.22. The SMILES string of the molecule is FC(F)(F)c1cccc(C2=Nc3cccnc3Nc3ccccc32)c1. The Kier molecular flexibility index (Phi) is 3.53. The first-order chi connectivity index (χ1) is 12.0. The first-order valence-electron chi connectivity index (χ1n) is 7.60. The Hall–Kier alpha value is -3.15. The van der Waals surface area contributed by atoms with Gasteiger partial charge in [-0.05, 0) is 30.3 Å². The largest absolute Gasteiger partial charge is 0.416 e. The summed E-state index contributed by atoms with van der Waals surface area (Å²) in [6, 6.07) is 16.1. The summed E-state index contributed by atoms with van der Waals surface area (Å²) >= 11 is 0. The summed E-state index contributed by atoms with van der Waals surface area (Å²) in [6.07, 6.45) is -2.77. The van der Waals surface area contributed by atoms with Crippen molar-refractivity contribution in [3.8, 4) is 0 Å². The number of aromatic nitrogens is 1. The van der Waals surface area contributed by atoms with E-state index >= 15 is 0 Å². The van der Waals surface area contributed by atoms with Gasteiger partial charge in [0.15, 0.2) is 5.82 Å². The van der Waals surface area contributed by atoms with Crippen LogP contribution in [0.1, 0.15) is 16.7 Å². The van der Waals surface area contributed by atoms with E-state index < -0.39 is 11.7 Å². The summed E-state index contributed by atoms with van der Waals surface area (Å²) in [4.78, 5) is 8.86. The molecule has 4 rings (SSSR count). The Bertz CT molecular complexity index is 977. The molecule has 0 bridgehead atoms. The number of alkyl halides is 3. The predicted octanol–water partition coefficient (Wildman–Crippen LogP) is 5.33. The quantitative estimate of drug-likeness (QED) is 0.509. The molecule has 0 saturated carbocycles. The van der Waals surface area contributed by atoms with Gasteiger partial charge < -0.3 is 5.32 Å². The average molecular weight is 339 g/mol. The maximum atomic E-state index is 13.1. The number of nitrogens with zero attached hydrogens (tertiary/aromatic N) is 2. The number of halogens is 3. The van der Waals surface area contributed by atoms with E-state index in [0.29, 0.717) is 22.8 Å². The number of pyridine rings is 1. The highest BCUT2D eigenvalue weighted by Gasteiger charge is 2.31. The molecule has 1 aliphatic rings. The standard InChI is InChI=1S/C19H12F3N3/c20-19(21,22)13-6-3-5-12(11-13)17-14-7-1-2-8-15(14)25-18-16(24-17)9-4-10-23-18/h1-11H,(H,23,25). The molecule has 1 N–H and O–H groups in total. The molecule has 3 aromatic rings. The zero-order chi connectivity index (χ0) is 17.4. The molecular formula is C19H12F3N3. The summed E-state index contributed by atoms with van der Waals surface area (Å²) in [5.74, 6) is 0.567. The Morgan fingerprint density at radius 3 is 2.56 bits per heavy atom. The Balaban J connectivity index is 1.95. The number of anilines is 2. The molecule has 0 amide bonds. The number of para-hydroxylation sites is 1. The molecule has 1 aromatic heterocycles. The van der Waals surface area contributed by atoms with Gasteiger partial charge in [-0.1, -0.05) is 30.3 Å². The van der Waals surface area contributed by atoms with Crippen LogP contribution in [0.5, 0.6) is 0 Å². The van der Waals surface area contributed by atoms with Crippen molar-refractivity contribution in [3.63, 3.8) is 0 Å². The van der Waals surface area contributed by atoms with E-state index in [9.17, 15) is 13.2 Å². The fraction of sp³-hybridized carbons (Fsp3) is 0.0526. The van der Waals surface area contributed by atoms with Gasteiger partial charge in [-0.2, -0.15) is 13.2 Å². The normalized spacial score (nSPS) is 13.2. The minimum Gasteiger partial charge on any atom is -0.338 e. The summed E-state index contributed by atoms with van der Waals surface area (Å²) in [7, 11) is 0. The van der Waals surface area contributed by atoms with Gasteiger partial charge in [0.2, 0.25) is 0 Å². The summed E-state index contributed by atoms with van der Waals surface area (Å²) in [5, 5.41) is 3.20. The van der Waals surface area contributed by atoms with Crippen LogP contribution in [0.2, 0.25) is 0 Å². The second-order valence-corrected chi connectivity index (χ2v) is 5.58. The highest BCUT2D eigenvalue weighted by atomic mass is 19.4. The third-order valence-electron chi connectivity index (χ3n) is 3.92. The topological polar surface area (TPSA) is 37.3 Å². The Labute approximate surface area is 141 Å². The minimum atomic E-state index is -4.40. The molecule has 0 fully saturated rings. The van der Waals surface area contributed by atoms with Crippen molar-refractivity contribution >= 4 is 22.9 Å². The third kappa shape index (κ3) is 2.87. The lowest BCUT2D eigenvalue weighted by Gasteiger charge is -2.12. The smallest absolute Gasteiger partial charge is 0.338 e. The van der Waals surface area contributed by atoms with E-state index in [0.717, 1.165) is 23.4 Å². The molecule has 0 radical (unpaired) electrons. The lowest BCUT2D eigenvalue weighted by atomic mass is 9.99. The number of aliphatic imine (C=N–C) groups is 1. The number of hydrogen-bond acceptors (Lipinski definition) is 3. The summed E-state index contributed by atoms with van der Waals surface area (Å²) < 4.78 is 39.3. The lowest BCUT2D eigenvalue weighted by Crippen LogP contribution is -2.09. The van der Waals surface area contributed by atoms with Crippen molar-refractivity contribution in [2.24, 2.45) is 4.99 Å². The van der Waals surface area contributed by atoms with Crippen molar-refractivity contribution < 1.29 is 13.2 Å². The first-order valence-corrected chi connectivity index (χ1v) is 7.60. The monoisotopic (exact) mass is 339 g/mol. The van der Waals surface area contributed by atoms with Crippen LogP contribution >= 0.6 is 0 Å². The zero-order valence-electron chi connectivity index (χ0n) is 12.9. The first kappa shape index (κ1) is 15.4. The average Bonchev–Trinajstić information content (AvgIpc) is 2.78. The highest BCUT2D eigenvalue weighted by Crippen LogP contribution is 2.35. The van der Waals surface area contributed by atoms with Crippen LogP contribution < -0.4 is 5.32 Å². The van der Waals surface area contributed by atoms with Gasteiger partial charge >= 0.3 is 6.18 Å². The molecule has 6 heteroatoms. The van der Waals surface area contributed by atoms with E-state index in [1.54, 1.807) is 24.4 Å². The molecule has 1 aliphatic heterocycles. The van der Waals surface area contributed by atoms with E-state index in [-0.39, 0.29) is 0 Å². The Morgan fingerprint density at radius 1 is 0.880 bits per heavy atom. The van der Waals surface area contributed by atoms with Gasteiger partial charge in [-0.15, -0.1) is 0 Å². The molecule has 0 unspecified atom stereocenters.